The van der Waals surface area contributed by atoms with Crippen molar-refractivity contribution in [3.05, 3.63) is 41.1 Å². The largest absolute Gasteiger partial charge is 0.496 e. The summed E-state index contributed by atoms with van der Waals surface area (Å²) in [6.45, 7) is 7.70. The fraction of sp³-hybridized carbons (Fsp3) is 0.545. The first-order valence-corrected chi connectivity index (χ1v) is 10.4. The minimum Gasteiger partial charge on any atom is -0.496 e. The van der Waals surface area contributed by atoms with Crippen molar-refractivity contribution in [2.45, 2.75) is 58.5 Å². The van der Waals surface area contributed by atoms with E-state index in [-0.39, 0.29) is 0 Å². The van der Waals surface area contributed by atoms with Crippen LogP contribution in [-0.4, -0.2) is 41.1 Å². The summed E-state index contributed by atoms with van der Waals surface area (Å²) in [6, 6.07) is 8.84. The molecule has 0 saturated carbocycles. The third-order valence-electron chi connectivity index (χ3n) is 5.24. The van der Waals surface area contributed by atoms with Crippen molar-refractivity contribution in [2.75, 3.05) is 31.2 Å². The predicted octanol–water partition coefficient (Wildman–Crippen LogP) is 3.85. The molecule has 1 aromatic heterocycles. The lowest BCUT2D eigenvalue weighted by Gasteiger charge is -2.17. The molecule has 0 radical (unpaired) electrons. The molecule has 1 aromatic carbocycles. The Labute approximate surface area is 168 Å². The minimum absolute atomic E-state index is 0.299. The molecule has 0 spiro atoms. The van der Waals surface area contributed by atoms with Crippen LogP contribution >= 0.6 is 0 Å². The van der Waals surface area contributed by atoms with E-state index in [1.165, 1.54) is 31.5 Å². The second kappa shape index (κ2) is 9.73. The quantitative estimate of drug-likeness (QED) is 0.685. The Morgan fingerprint density at radius 3 is 2.71 bits per heavy atom. The van der Waals surface area contributed by atoms with Crippen molar-refractivity contribution in [3.8, 4) is 5.75 Å². The molecule has 2 heterocycles. The summed E-state index contributed by atoms with van der Waals surface area (Å²) in [4.78, 5) is 11.3. The van der Waals surface area contributed by atoms with Crippen LogP contribution in [-0.2, 0) is 13.0 Å². The molecule has 28 heavy (non-hydrogen) atoms. The van der Waals surface area contributed by atoms with Crippen LogP contribution in [0.25, 0.3) is 0 Å². The normalized spacial score (nSPS) is 15.5. The van der Waals surface area contributed by atoms with E-state index in [4.69, 9.17) is 10.5 Å². The average Bonchev–Trinajstić information content (AvgIpc) is 3.15. The summed E-state index contributed by atoms with van der Waals surface area (Å²) >= 11 is 0. The molecule has 0 bridgehead atoms. The molecular weight excluding hydrogens is 350 g/mol. The van der Waals surface area contributed by atoms with Gasteiger partial charge in [-0.3, -0.25) is 4.90 Å². The van der Waals surface area contributed by atoms with Gasteiger partial charge in [-0.25, -0.2) is 4.98 Å². The number of hydrogen-bond acceptors (Lipinski definition) is 6. The van der Waals surface area contributed by atoms with E-state index >= 15 is 0 Å². The maximum Gasteiger partial charge on any atom is 0.222 e. The van der Waals surface area contributed by atoms with Crippen LogP contribution in [0.4, 0.5) is 11.8 Å². The van der Waals surface area contributed by atoms with Gasteiger partial charge in [0.05, 0.1) is 12.8 Å². The van der Waals surface area contributed by atoms with Crippen molar-refractivity contribution < 1.29 is 4.74 Å². The van der Waals surface area contributed by atoms with Crippen LogP contribution in [0.1, 0.15) is 56.4 Å². The molecule has 1 aliphatic heterocycles. The summed E-state index contributed by atoms with van der Waals surface area (Å²) in [5.41, 5.74) is 9.24. The van der Waals surface area contributed by atoms with Crippen molar-refractivity contribution in [3.63, 3.8) is 0 Å². The van der Waals surface area contributed by atoms with Crippen LogP contribution < -0.4 is 15.8 Å². The van der Waals surface area contributed by atoms with E-state index in [9.17, 15) is 0 Å². The average molecular weight is 384 g/mol. The number of ether oxygens (including phenoxy) is 1. The van der Waals surface area contributed by atoms with Gasteiger partial charge in [0.2, 0.25) is 5.95 Å². The monoisotopic (exact) mass is 383 g/mol. The van der Waals surface area contributed by atoms with E-state index < -0.39 is 0 Å². The van der Waals surface area contributed by atoms with Gasteiger partial charge in [0, 0.05) is 30.6 Å². The minimum atomic E-state index is 0.299. The maximum atomic E-state index is 5.95. The highest BCUT2D eigenvalue weighted by Gasteiger charge is 2.14. The zero-order chi connectivity index (χ0) is 19.9. The lowest BCUT2D eigenvalue weighted by atomic mass is 10.0. The topological polar surface area (TPSA) is 76.3 Å². The Morgan fingerprint density at radius 2 is 2.00 bits per heavy atom. The first-order chi connectivity index (χ1) is 13.6. The Kier molecular flexibility index (Phi) is 7.09. The molecule has 6 heteroatoms. The summed E-state index contributed by atoms with van der Waals surface area (Å²) in [5, 5.41) is 3.42. The molecule has 3 N–H and O–H groups in total. The van der Waals surface area contributed by atoms with Gasteiger partial charge in [-0.15, -0.1) is 0 Å². The number of rotatable bonds is 9. The fourth-order valence-corrected chi connectivity index (χ4v) is 3.87. The van der Waals surface area contributed by atoms with Crippen molar-refractivity contribution in [2.24, 2.45) is 0 Å². The van der Waals surface area contributed by atoms with Gasteiger partial charge in [0.1, 0.15) is 11.6 Å². The number of anilines is 2. The number of benzene rings is 1. The fourth-order valence-electron chi connectivity index (χ4n) is 3.87. The number of nitrogens with two attached hydrogens (primary N) is 1. The zero-order valence-electron chi connectivity index (χ0n) is 17.4. The molecule has 0 amide bonds. The lowest BCUT2D eigenvalue weighted by Crippen LogP contribution is -2.18. The standard InChI is InChI=1S/C22H33N5O/c1-4-7-16(2)24-21-14-19(25-22(23)26-21)13-18-9-8-17(12-20(18)28-3)15-27-10-5-6-11-27/h8-9,12,14,16H,4-7,10-11,13,15H2,1-3H3,(H3,23,24,25,26)/t16-/m1/s1. The van der Waals surface area contributed by atoms with E-state index in [1.807, 2.05) is 6.07 Å². The number of nitrogen functional groups attached to an aromatic ring is 1. The first-order valence-electron chi connectivity index (χ1n) is 10.4. The number of nitrogens with one attached hydrogen (secondary N) is 1. The molecule has 1 aliphatic rings. The van der Waals surface area contributed by atoms with Crippen LogP contribution in [0.2, 0.25) is 0 Å². The molecule has 1 atom stereocenters. The lowest BCUT2D eigenvalue weighted by molar-refractivity contribution is 0.330. The highest BCUT2D eigenvalue weighted by atomic mass is 16.5. The van der Waals surface area contributed by atoms with Crippen LogP contribution in [0.15, 0.2) is 24.3 Å². The van der Waals surface area contributed by atoms with Crippen LogP contribution in [0.3, 0.4) is 0 Å². The van der Waals surface area contributed by atoms with Gasteiger partial charge in [0.25, 0.3) is 0 Å². The number of nitrogens with zero attached hydrogens (tertiary/aromatic N) is 3. The Hall–Kier alpha value is -2.34. The van der Waals surface area contributed by atoms with E-state index in [1.54, 1.807) is 7.11 Å². The van der Waals surface area contributed by atoms with Crippen molar-refractivity contribution in [1.29, 1.82) is 0 Å². The Bertz CT molecular complexity index is 774. The summed E-state index contributed by atoms with van der Waals surface area (Å²) in [5.74, 6) is 1.99. The first kappa shape index (κ1) is 20.4. The SMILES string of the molecule is CCC[C@@H](C)Nc1cc(Cc2ccc(CN3CCCC3)cc2OC)nc(N)n1. The van der Waals surface area contributed by atoms with Gasteiger partial charge >= 0.3 is 0 Å². The molecule has 152 valence electrons. The molecule has 3 rings (SSSR count). The molecule has 1 saturated heterocycles. The Morgan fingerprint density at radius 1 is 1.21 bits per heavy atom. The number of hydrogen-bond donors (Lipinski definition) is 2. The molecule has 2 aromatic rings. The predicted molar refractivity (Wildman–Crippen MR) is 115 cm³/mol. The molecule has 6 nitrogen and oxygen atoms in total. The van der Waals surface area contributed by atoms with Gasteiger partial charge in [0.15, 0.2) is 0 Å². The second-order valence-corrected chi connectivity index (χ2v) is 7.74. The molecule has 1 fully saturated rings. The van der Waals surface area contributed by atoms with Gasteiger partial charge in [-0.1, -0.05) is 25.5 Å². The van der Waals surface area contributed by atoms with Gasteiger partial charge < -0.3 is 15.8 Å². The number of methoxy groups -OCH3 is 1. The smallest absolute Gasteiger partial charge is 0.222 e. The van der Waals surface area contributed by atoms with Crippen LogP contribution in [0, 0.1) is 0 Å². The summed E-state index contributed by atoms with van der Waals surface area (Å²) in [6.07, 6.45) is 5.49. The maximum absolute atomic E-state index is 5.95. The highest BCUT2D eigenvalue weighted by molar-refractivity contribution is 5.45. The Balaban J connectivity index is 1.74. The highest BCUT2D eigenvalue weighted by Crippen LogP contribution is 2.25. The summed E-state index contributed by atoms with van der Waals surface area (Å²) in [7, 11) is 1.73. The zero-order valence-corrected chi connectivity index (χ0v) is 17.4. The van der Waals surface area contributed by atoms with Crippen molar-refractivity contribution in [1.82, 2.24) is 14.9 Å². The van der Waals surface area contributed by atoms with Crippen molar-refractivity contribution >= 4 is 11.8 Å². The number of aromatic nitrogens is 2. The van der Waals surface area contributed by atoms with Gasteiger partial charge in [-0.2, -0.15) is 4.98 Å². The van der Waals surface area contributed by atoms with E-state index in [0.717, 1.165) is 42.2 Å². The van der Waals surface area contributed by atoms with E-state index in [2.05, 4.69) is 52.2 Å². The van der Waals surface area contributed by atoms with E-state index in [0.29, 0.717) is 18.4 Å². The third-order valence-corrected chi connectivity index (χ3v) is 5.24. The van der Waals surface area contributed by atoms with Gasteiger partial charge in [-0.05, 0) is 50.9 Å². The molecular formula is C22H33N5O. The van der Waals surface area contributed by atoms with Crippen LogP contribution in [0.5, 0.6) is 5.75 Å². The third kappa shape index (κ3) is 5.58. The summed E-state index contributed by atoms with van der Waals surface area (Å²) < 4.78 is 5.67. The number of likely N-dealkylation sites (tertiary alicyclic amines) is 1. The molecule has 0 unspecified atom stereocenters. The second-order valence-electron chi connectivity index (χ2n) is 7.74. The molecule has 0 aliphatic carbocycles.